The Morgan fingerprint density at radius 1 is 0.968 bits per heavy atom. The van der Waals surface area contributed by atoms with Gasteiger partial charge in [-0.2, -0.15) is 0 Å². The predicted molar refractivity (Wildman–Crippen MR) is 118 cm³/mol. The summed E-state index contributed by atoms with van der Waals surface area (Å²) in [6.45, 7) is 4.76. The number of benzene rings is 2. The van der Waals surface area contributed by atoms with Crippen LogP contribution >= 0.6 is 0 Å². The molecule has 0 aromatic heterocycles. The minimum absolute atomic E-state index is 0.224. The van der Waals surface area contributed by atoms with Crippen LogP contribution in [-0.2, 0) is 0 Å². The standard InChI is InChI=1S/C22H29FN4O4/c1-29-19-14-17(15-20(30-2)21(19)31-3)25-22(28)24-8-9-26-10-12-27(13-11-26)18-6-4-16(23)5-7-18/h4-7,14-15H,8-13H2,1-3H3,(H2,24,25,28). The van der Waals surface area contributed by atoms with Crippen LogP contribution in [0.1, 0.15) is 0 Å². The second-order valence-corrected chi connectivity index (χ2v) is 7.10. The van der Waals surface area contributed by atoms with E-state index >= 15 is 0 Å². The molecule has 0 aliphatic carbocycles. The average Bonchev–Trinajstić information content (AvgIpc) is 2.79. The van der Waals surface area contributed by atoms with E-state index in [1.807, 2.05) is 0 Å². The number of anilines is 2. The summed E-state index contributed by atoms with van der Waals surface area (Å²) in [4.78, 5) is 16.8. The number of urea groups is 1. The largest absolute Gasteiger partial charge is 0.493 e. The third-order valence-corrected chi connectivity index (χ3v) is 5.20. The molecule has 1 saturated heterocycles. The molecular formula is C22H29FN4O4. The first kappa shape index (κ1) is 22.5. The monoisotopic (exact) mass is 432 g/mol. The van der Waals surface area contributed by atoms with Crippen molar-refractivity contribution in [1.29, 1.82) is 0 Å². The Hall–Kier alpha value is -3.20. The molecule has 0 atom stereocenters. The molecule has 0 bridgehead atoms. The van der Waals surface area contributed by atoms with Gasteiger partial charge in [0.2, 0.25) is 5.75 Å². The van der Waals surface area contributed by atoms with E-state index in [1.165, 1.54) is 33.5 Å². The van der Waals surface area contributed by atoms with Crippen molar-refractivity contribution < 1.29 is 23.4 Å². The molecule has 1 aliphatic rings. The molecule has 0 radical (unpaired) electrons. The van der Waals surface area contributed by atoms with Gasteiger partial charge < -0.3 is 29.7 Å². The fourth-order valence-electron chi connectivity index (χ4n) is 3.54. The predicted octanol–water partition coefficient (Wildman–Crippen LogP) is 2.80. The smallest absolute Gasteiger partial charge is 0.319 e. The quantitative estimate of drug-likeness (QED) is 0.668. The van der Waals surface area contributed by atoms with Crippen molar-refractivity contribution in [2.24, 2.45) is 0 Å². The number of nitrogens with zero attached hydrogens (tertiary/aromatic N) is 2. The fraction of sp³-hybridized carbons (Fsp3) is 0.409. The van der Waals surface area contributed by atoms with Crippen LogP contribution < -0.4 is 29.7 Å². The minimum Gasteiger partial charge on any atom is -0.493 e. The number of carbonyl (C=O) groups excluding carboxylic acids is 1. The number of halogens is 1. The topological polar surface area (TPSA) is 75.3 Å². The highest BCUT2D eigenvalue weighted by Gasteiger charge is 2.18. The van der Waals surface area contributed by atoms with Crippen LogP contribution in [0.25, 0.3) is 0 Å². The van der Waals surface area contributed by atoms with Crippen molar-refractivity contribution in [3.05, 3.63) is 42.2 Å². The number of rotatable bonds is 8. The van der Waals surface area contributed by atoms with Gasteiger partial charge in [-0.15, -0.1) is 0 Å². The summed E-state index contributed by atoms with van der Waals surface area (Å²) in [5.74, 6) is 1.18. The maximum Gasteiger partial charge on any atom is 0.319 e. The summed E-state index contributed by atoms with van der Waals surface area (Å²) < 4.78 is 29.0. The Kier molecular flexibility index (Phi) is 7.77. The third-order valence-electron chi connectivity index (χ3n) is 5.20. The highest BCUT2D eigenvalue weighted by atomic mass is 19.1. The van der Waals surface area contributed by atoms with E-state index < -0.39 is 0 Å². The molecule has 0 unspecified atom stereocenters. The van der Waals surface area contributed by atoms with Gasteiger partial charge in [0.25, 0.3) is 0 Å². The molecule has 9 heteroatoms. The molecule has 31 heavy (non-hydrogen) atoms. The first-order valence-corrected chi connectivity index (χ1v) is 10.1. The van der Waals surface area contributed by atoms with Crippen LogP contribution in [-0.4, -0.2) is 71.5 Å². The van der Waals surface area contributed by atoms with Crippen molar-refractivity contribution in [3.63, 3.8) is 0 Å². The van der Waals surface area contributed by atoms with Gasteiger partial charge in [0.15, 0.2) is 11.5 Å². The SMILES string of the molecule is COc1cc(NC(=O)NCCN2CCN(c3ccc(F)cc3)CC2)cc(OC)c1OC. The highest BCUT2D eigenvalue weighted by Crippen LogP contribution is 2.39. The molecule has 1 fully saturated rings. The number of hydrogen-bond donors (Lipinski definition) is 2. The lowest BCUT2D eigenvalue weighted by molar-refractivity contribution is 0.240. The van der Waals surface area contributed by atoms with Crippen molar-refractivity contribution in [2.75, 3.05) is 70.8 Å². The van der Waals surface area contributed by atoms with E-state index in [2.05, 4.69) is 20.4 Å². The van der Waals surface area contributed by atoms with E-state index in [0.717, 1.165) is 38.4 Å². The fourth-order valence-corrected chi connectivity index (χ4v) is 3.54. The van der Waals surface area contributed by atoms with E-state index in [1.54, 1.807) is 24.3 Å². The normalized spacial score (nSPS) is 14.1. The minimum atomic E-state index is -0.306. The van der Waals surface area contributed by atoms with Gasteiger partial charge in [-0.25, -0.2) is 9.18 Å². The van der Waals surface area contributed by atoms with Gasteiger partial charge >= 0.3 is 6.03 Å². The van der Waals surface area contributed by atoms with Crippen LogP contribution in [0.2, 0.25) is 0 Å². The third kappa shape index (κ3) is 5.91. The van der Waals surface area contributed by atoms with Crippen LogP contribution in [0.3, 0.4) is 0 Å². The van der Waals surface area contributed by atoms with Crippen LogP contribution in [0.15, 0.2) is 36.4 Å². The molecule has 2 aromatic rings. The van der Waals surface area contributed by atoms with E-state index in [4.69, 9.17) is 14.2 Å². The lowest BCUT2D eigenvalue weighted by Gasteiger charge is -2.36. The van der Waals surface area contributed by atoms with E-state index in [0.29, 0.717) is 29.5 Å². The summed E-state index contributed by atoms with van der Waals surface area (Å²) >= 11 is 0. The Morgan fingerprint density at radius 3 is 2.13 bits per heavy atom. The van der Waals surface area contributed by atoms with E-state index in [-0.39, 0.29) is 11.8 Å². The molecule has 168 valence electrons. The van der Waals surface area contributed by atoms with E-state index in [9.17, 15) is 9.18 Å². The molecule has 1 aliphatic heterocycles. The molecule has 1 heterocycles. The number of nitrogens with one attached hydrogen (secondary N) is 2. The summed E-state index contributed by atoms with van der Waals surface area (Å²) in [5, 5.41) is 5.66. The molecule has 0 saturated carbocycles. The number of hydrogen-bond acceptors (Lipinski definition) is 6. The molecular weight excluding hydrogens is 403 g/mol. The first-order valence-electron chi connectivity index (χ1n) is 10.1. The van der Waals surface area contributed by atoms with Gasteiger partial charge in [0, 0.05) is 57.1 Å². The van der Waals surface area contributed by atoms with Gasteiger partial charge in [0.05, 0.1) is 27.0 Å². The van der Waals surface area contributed by atoms with Gasteiger partial charge in [-0.3, -0.25) is 4.90 Å². The summed E-state index contributed by atoms with van der Waals surface area (Å²) in [6.07, 6.45) is 0. The van der Waals surface area contributed by atoms with Crippen LogP contribution in [0, 0.1) is 5.82 Å². The Morgan fingerprint density at radius 2 is 1.58 bits per heavy atom. The van der Waals surface area contributed by atoms with Crippen molar-refractivity contribution in [1.82, 2.24) is 10.2 Å². The Labute approximate surface area is 181 Å². The second-order valence-electron chi connectivity index (χ2n) is 7.10. The van der Waals surface area contributed by atoms with Crippen LogP contribution in [0.4, 0.5) is 20.6 Å². The van der Waals surface area contributed by atoms with Crippen molar-refractivity contribution in [2.45, 2.75) is 0 Å². The Balaban J connectivity index is 1.43. The highest BCUT2D eigenvalue weighted by molar-refractivity contribution is 5.90. The molecule has 8 nitrogen and oxygen atoms in total. The zero-order valence-electron chi connectivity index (χ0n) is 18.1. The van der Waals surface area contributed by atoms with Crippen molar-refractivity contribution in [3.8, 4) is 17.2 Å². The van der Waals surface area contributed by atoms with Gasteiger partial charge in [-0.05, 0) is 24.3 Å². The number of methoxy groups -OCH3 is 3. The maximum atomic E-state index is 13.1. The number of amides is 2. The van der Waals surface area contributed by atoms with Gasteiger partial charge in [0.1, 0.15) is 5.82 Å². The molecule has 3 rings (SSSR count). The van der Waals surface area contributed by atoms with Gasteiger partial charge in [-0.1, -0.05) is 0 Å². The lowest BCUT2D eigenvalue weighted by Crippen LogP contribution is -2.48. The lowest BCUT2D eigenvalue weighted by atomic mass is 10.2. The molecule has 2 aromatic carbocycles. The second kappa shape index (κ2) is 10.7. The average molecular weight is 432 g/mol. The zero-order chi connectivity index (χ0) is 22.2. The molecule has 0 spiro atoms. The maximum absolute atomic E-state index is 13.1. The molecule has 2 amide bonds. The zero-order valence-corrected chi connectivity index (χ0v) is 18.1. The number of carbonyl (C=O) groups is 1. The first-order chi connectivity index (χ1) is 15.0. The summed E-state index contributed by atoms with van der Waals surface area (Å²) in [5.41, 5.74) is 1.57. The van der Waals surface area contributed by atoms with Crippen LogP contribution in [0.5, 0.6) is 17.2 Å². The van der Waals surface area contributed by atoms with Crippen molar-refractivity contribution >= 4 is 17.4 Å². The number of piperazine rings is 1. The number of ether oxygens (including phenoxy) is 3. The molecule has 2 N–H and O–H groups in total. The summed E-state index contributed by atoms with van der Waals surface area (Å²) in [6, 6.07) is 9.63. The summed E-state index contributed by atoms with van der Waals surface area (Å²) in [7, 11) is 4.58. The Bertz CT molecular complexity index is 845.